The van der Waals surface area contributed by atoms with Crippen LogP contribution in [0.25, 0.3) is 0 Å². The van der Waals surface area contributed by atoms with Gasteiger partial charge < -0.3 is 0 Å². The molecule has 0 rings (SSSR count). The molecule has 0 fully saturated rings. The molecule has 0 saturated carbocycles. The molecule has 0 bridgehead atoms. The number of halogens is 2. The summed E-state index contributed by atoms with van der Waals surface area (Å²) in [5, 5.41) is 0. The Bertz CT molecular complexity index is 45.6. The van der Waals surface area contributed by atoms with Crippen molar-refractivity contribution in [1.29, 1.82) is 0 Å². The molecule has 0 saturated heterocycles. The zero-order chi connectivity index (χ0) is 4.28. The van der Waals surface area contributed by atoms with Crippen molar-refractivity contribution in [2.24, 2.45) is 0 Å². The van der Waals surface area contributed by atoms with Crippen molar-refractivity contribution in [1.82, 2.24) is 0 Å². The van der Waals surface area contributed by atoms with Crippen molar-refractivity contribution in [2.45, 2.75) is 6.92 Å². The molecule has 5 heavy (non-hydrogen) atoms. The third kappa shape index (κ3) is 5.70. The van der Waals surface area contributed by atoms with Gasteiger partial charge >= 0.3 is 51.6 Å². The van der Waals surface area contributed by atoms with Crippen LogP contribution >= 0.6 is 24.6 Å². The Morgan fingerprint density at radius 2 is 1.80 bits per heavy atom. The van der Waals surface area contributed by atoms with Crippen LogP contribution in [-0.4, -0.2) is 3.76 Å². The summed E-state index contributed by atoms with van der Waals surface area (Å²) in [5.74, 6) is 0. The van der Waals surface area contributed by atoms with Gasteiger partial charge in [0.1, 0.15) is 0 Å². The van der Waals surface area contributed by atoms with Crippen LogP contribution in [0.4, 0.5) is 0 Å². The van der Waals surface area contributed by atoms with Gasteiger partial charge in [-0.1, -0.05) is 0 Å². The topological polar surface area (TPSA) is 0 Å². The molecule has 0 aromatic carbocycles. The minimum absolute atomic E-state index is 1.20. The number of hydrogen-bond donors (Lipinski definition) is 0. The molecule has 0 atom stereocenters. The van der Waals surface area contributed by atoms with Gasteiger partial charge in [0, 0.05) is 0 Å². The predicted molar refractivity (Wildman–Crippen MR) is 29.6 cm³/mol. The third-order valence-corrected chi connectivity index (χ3v) is 9.28. The Hall–Kier alpha value is 1.70. The van der Waals surface area contributed by atoms with E-state index in [1.165, 1.54) is 0 Å². The van der Waals surface area contributed by atoms with Gasteiger partial charge in [-0.25, -0.2) is 0 Å². The van der Waals surface area contributed by atoms with E-state index in [0.717, 1.165) is 0 Å². The Balaban J connectivity index is 3.14. The van der Waals surface area contributed by atoms with Gasteiger partial charge in [-0.2, -0.15) is 0 Å². The van der Waals surface area contributed by atoms with Crippen LogP contribution in [0.15, 0.2) is 0 Å². The summed E-state index contributed by atoms with van der Waals surface area (Å²) in [4.78, 5) is 0. The van der Waals surface area contributed by atoms with Crippen molar-refractivity contribution in [3.05, 3.63) is 0 Å². The fraction of sp³-hybridized carbons (Fsp3) is 0.500. The molecule has 0 heterocycles. The van der Waals surface area contributed by atoms with E-state index < -0.39 is 16.3 Å². The Kier molecular flexibility index (Phi) is 5.19. The average molecular weight is 366 g/mol. The molecular weight excluding hydrogens is 362 g/mol. The molecule has 0 spiro atoms. The van der Waals surface area contributed by atoms with Crippen LogP contribution in [0.5, 0.6) is 0 Å². The standard InChI is InChI=1S/C2H4.2BrH.Hf/c1-2;;;/h1H,2H3;2*1H;/q;;;+2/p-2. The van der Waals surface area contributed by atoms with Crippen LogP contribution in [0.2, 0.25) is 0 Å². The molecule has 0 aliphatic heterocycles. The minimum atomic E-state index is -1.20. The molecule has 0 unspecified atom stereocenters. The predicted octanol–water partition coefficient (Wildman–Crippen LogP) is 2.05. The molecule has 3 heteroatoms. The van der Waals surface area contributed by atoms with Crippen molar-refractivity contribution in [3.63, 3.8) is 0 Å². The Labute approximate surface area is 51.0 Å². The van der Waals surface area contributed by atoms with E-state index in [1.807, 2.05) is 0 Å². The molecular formula is C2H4Br2Hf. The first kappa shape index (κ1) is 6.70. The maximum atomic E-state index is 3.45. The van der Waals surface area contributed by atoms with Crippen molar-refractivity contribution >= 4 is 28.3 Å². The summed E-state index contributed by atoms with van der Waals surface area (Å²) in [5.41, 5.74) is 0. The molecule has 0 aromatic heterocycles. The SMILES string of the molecule is C[CH]=[Hf]([Br])[Br]. The summed E-state index contributed by atoms with van der Waals surface area (Å²) >= 11 is 5.69. The Morgan fingerprint density at radius 1 is 1.60 bits per heavy atom. The second-order valence-electron chi connectivity index (χ2n) is 0.578. The zero-order valence-corrected chi connectivity index (χ0v) is 9.60. The van der Waals surface area contributed by atoms with Crippen LogP contribution in [0.3, 0.4) is 0 Å². The van der Waals surface area contributed by atoms with Crippen molar-refractivity contribution < 1.29 is 16.3 Å². The van der Waals surface area contributed by atoms with Gasteiger partial charge in [0.15, 0.2) is 0 Å². The van der Waals surface area contributed by atoms with Gasteiger partial charge in [-0.15, -0.1) is 0 Å². The molecule has 30 valence electrons. The summed E-state index contributed by atoms with van der Waals surface area (Å²) < 4.78 is 2.21. The molecule has 0 radical (unpaired) electrons. The van der Waals surface area contributed by atoms with Crippen LogP contribution < -0.4 is 0 Å². The zero-order valence-electron chi connectivity index (χ0n) is 2.83. The van der Waals surface area contributed by atoms with E-state index in [2.05, 4.69) is 35.3 Å². The molecule has 0 aromatic rings. The van der Waals surface area contributed by atoms with E-state index in [0.29, 0.717) is 0 Å². The van der Waals surface area contributed by atoms with Crippen LogP contribution in [-0.2, 0) is 16.3 Å². The van der Waals surface area contributed by atoms with Gasteiger partial charge in [-0.05, 0) is 0 Å². The van der Waals surface area contributed by atoms with Crippen molar-refractivity contribution in [2.75, 3.05) is 0 Å². The van der Waals surface area contributed by atoms with E-state index in [1.54, 1.807) is 0 Å². The monoisotopic (exact) mass is 366 g/mol. The quantitative estimate of drug-likeness (QED) is 0.576. The first-order valence-electron chi connectivity index (χ1n) is 1.24. The number of rotatable bonds is 0. The fourth-order valence-electron chi connectivity index (χ4n) is 0. The van der Waals surface area contributed by atoms with Crippen molar-refractivity contribution in [3.8, 4) is 0 Å². The van der Waals surface area contributed by atoms with Gasteiger partial charge in [0.25, 0.3) is 0 Å². The summed E-state index contributed by atoms with van der Waals surface area (Å²) in [6, 6.07) is 0. The van der Waals surface area contributed by atoms with E-state index >= 15 is 0 Å². The normalized spacial score (nSPS) is 7.00. The first-order chi connectivity index (χ1) is 2.27. The van der Waals surface area contributed by atoms with E-state index in [9.17, 15) is 0 Å². The molecule has 0 nitrogen and oxygen atoms in total. The second-order valence-corrected chi connectivity index (χ2v) is 27.4. The molecule has 0 N–H and O–H groups in total. The molecule has 0 aliphatic rings. The van der Waals surface area contributed by atoms with E-state index in [-0.39, 0.29) is 0 Å². The maximum absolute atomic E-state index is 3.45. The van der Waals surface area contributed by atoms with Gasteiger partial charge in [0.05, 0.1) is 0 Å². The van der Waals surface area contributed by atoms with Crippen LogP contribution in [0, 0.1) is 0 Å². The summed E-state index contributed by atoms with van der Waals surface area (Å²) in [6.07, 6.45) is 0. The molecule has 0 aliphatic carbocycles. The number of hydrogen-bond acceptors (Lipinski definition) is 0. The van der Waals surface area contributed by atoms with Gasteiger partial charge in [0.2, 0.25) is 0 Å². The first-order valence-corrected chi connectivity index (χ1v) is 19.0. The summed E-state index contributed by atoms with van der Waals surface area (Å²) in [7, 11) is 0. The fourth-order valence-corrected chi connectivity index (χ4v) is 0. The Morgan fingerprint density at radius 3 is 1.80 bits per heavy atom. The third-order valence-electron chi connectivity index (χ3n) is 0.218. The average Bonchev–Trinajstić information content (AvgIpc) is 1.38. The second kappa shape index (κ2) is 3.88. The van der Waals surface area contributed by atoms with Crippen LogP contribution in [0.1, 0.15) is 6.92 Å². The van der Waals surface area contributed by atoms with Gasteiger partial charge in [-0.3, -0.25) is 0 Å². The molecule has 0 amide bonds. The summed E-state index contributed by atoms with van der Waals surface area (Å²) in [6.45, 7) is 2.07. The van der Waals surface area contributed by atoms with E-state index in [4.69, 9.17) is 0 Å².